The van der Waals surface area contributed by atoms with Gasteiger partial charge in [0.2, 0.25) is 0 Å². The Morgan fingerprint density at radius 1 is 1.05 bits per heavy atom. The SMILES string of the molecule is CC(C)c1ccc(CN(C)CN2C(=O)C(=O)N(C)C2=O)cc1. The van der Waals surface area contributed by atoms with Crippen LogP contribution in [0.5, 0.6) is 0 Å². The highest BCUT2D eigenvalue weighted by atomic mass is 16.2. The number of carbonyl (C=O) groups is 3. The van der Waals surface area contributed by atoms with Gasteiger partial charge in [-0.1, -0.05) is 38.1 Å². The number of imide groups is 2. The third kappa shape index (κ3) is 3.17. The van der Waals surface area contributed by atoms with Gasteiger partial charge >= 0.3 is 17.8 Å². The van der Waals surface area contributed by atoms with Gasteiger partial charge in [0.25, 0.3) is 0 Å². The zero-order valence-corrected chi connectivity index (χ0v) is 13.4. The lowest BCUT2D eigenvalue weighted by Crippen LogP contribution is -2.40. The highest BCUT2D eigenvalue weighted by Gasteiger charge is 2.42. The Kier molecular flexibility index (Phi) is 4.61. The maximum absolute atomic E-state index is 11.8. The van der Waals surface area contributed by atoms with Crippen LogP contribution in [-0.4, -0.2) is 53.3 Å². The Morgan fingerprint density at radius 3 is 2.09 bits per heavy atom. The van der Waals surface area contributed by atoms with E-state index in [4.69, 9.17) is 0 Å². The number of benzene rings is 1. The van der Waals surface area contributed by atoms with E-state index in [2.05, 4.69) is 26.0 Å². The lowest BCUT2D eigenvalue weighted by Gasteiger charge is -2.22. The van der Waals surface area contributed by atoms with Crippen molar-refractivity contribution in [3.05, 3.63) is 35.4 Å². The maximum Gasteiger partial charge on any atom is 0.335 e. The maximum atomic E-state index is 11.8. The number of amides is 4. The molecule has 0 aromatic heterocycles. The number of hydrogen-bond acceptors (Lipinski definition) is 4. The van der Waals surface area contributed by atoms with Crippen LogP contribution in [0.4, 0.5) is 4.79 Å². The van der Waals surface area contributed by atoms with Gasteiger partial charge in [0.05, 0.1) is 6.67 Å². The van der Waals surface area contributed by atoms with Crippen LogP contribution in [0.1, 0.15) is 30.9 Å². The van der Waals surface area contributed by atoms with E-state index in [0.717, 1.165) is 15.4 Å². The molecule has 0 N–H and O–H groups in total. The minimum Gasteiger partial charge on any atom is -0.284 e. The van der Waals surface area contributed by atoms with Crippen molar-refractivity contribution in [2.75, 3.05) is 20.8 Å². The van der Waals surface area contributed by atoms with Gasteiger partial charge < -0.3 is 0 Å². The summed E-state index contributed by atoms with van der Waals surface area (Å²) in [6.07, 6.45) is 0. The number of likely N-dealkylation sites (N-methyl/N-ethyl adjacent to an activating group) is 1. The van der Waals surface area contributed by atoms with E-state index < -0.39 is 17.8 Å². The lowest BCUT2D eigenvalue weighted by molar-refractivity contribution is -0.143. The highest BCUT2D eigenvalue weighted by Crippen LogP contribution is 2.16. The Morgan fingerprint density at radius 2 is 1.64 bits per heavy atom. The van der Waals surface area contributed by atoms with Crippen molar-refractivity contribution in [3.8, 4) is 0 Å². The van der Waals surface area contributed by atoms with E-state index in [1.54, 1.807) is 7.05 Å². The van der Waals surface area contributed by atoms with E-state index in [1.807, 2.05) is 17.0 Å². The minimum absolute atomic E-state index is 0.0969. The minimum atomic E-state index is -0.778. The second-order valence-electron chi connectivity index (χ2n) is 5.93. The molecule has 0 unspecified atom stereocenters. The van der Waals surface area contributed by atoms with E-state index in [0.29, 0.717) is 12.5 Å². The molecule has 22 heavy (non-hydrogen) atoms. The second-order valence-corrected chi connectivity index (χ2v) is 5.93. The summed E-state index contributed by atoms with van der Waals surface area (Å²) in [7, 11) is 3.12. The molecule has 0 bridgehead atoms. The van der Waals surface area contributed by atoms with Crippen molar-refractivity contribution in [1.82, 2.24) is 14.7 Å². The molecule has 2 rings (SSSR count). The molecule has 6 nitrogen and oxygen atoms in total. The second kappa shape index (κ2) is 6.27. The average molecular weight is 303 g/mol. The first-order valence-corrected chi connectivity index (χ1v) is 7.22. The molecule has 0 saturated carbocycles. The van der Waals surface area contributed by atoms with Gasteiger partial charge in [-0.15, -0.1) is 0 Å². The lowest BCUT2D eigenvalue weighted by atomic mass is 10.0. The summed E-state index contributed by atoms with van der Waals surface area (Å²) >= 11 is 0. The molecule has 4 amide bonds. The number of rotatable bonds is 5. The molecule has 1 aliphatic heterocycles. The Bertz CT molecular complexity index is 595. The van der Waals surface area contributed by atoms with Crippen molar-refractivity contribution >= 4 is 17.8 Å². The van der Waals surface area contributed by atoms with E-state index >= 15 is 0 Å². The first-order chi connectivity index (χ1) is 10.3. The molecule has 1 fully saturated rings. The molecule has 1 aromatic rings. The van der Waals surface area contributed by atoms with Crippen LogP contribution in [0.3, 0.4) is 0 Å². The third-order valence-corrected chi connectivity index (χ3v) is 3.73. The zero-order valence-electron chi connectivity index (χ0n) is 13.4. The standard InChI is InChI=1S/C16H21N3O3/c1-11(2)13-7-5-12(6-8-13)9-17(3)10-19-15(21)14(20)18(4)16(19)22/h5-8,11H,9-10H2,1-4H3. The van der Waals surface area contributed by atoms with Crippen molar-refractivity contribution in [2.24, 2.45) is 0 Å². The van der Waals surface area contributed by atoms with Gasteiger partial charge in [-0.2, -0.15) is 0 Å². The van der Waals surface area contributed by atoms with Gasteiger partial charge in [-0.05, 0) is 24.1 Å². The van der Waals surface area contributed by atoms with Crippen molar-refractivity contribution in [1.29, 1.82) is 0 Å². The molecule has 1 aliphatic rings. The largest absolute Gasteiger partial charge is 0.335 e. The molecule has 6 heteroatoms. The van der Waals surface area contributed by atoms with E-state index in [-0.39, 0.29) is 6.67 Å². The monoisotopic (exact) mass is 303 g/mol. The predicted octanol–water partition coefficient (Wildman–Crippen LogP) is 1.62. The molecule has 0 radical (unpaired) electrons. The van der Waals surface area contributed by atoms with Crippen LogP contribution in [0.15, 0.2) is 24.3 Å². The Labute approximate surface area is 130 Å². The summed E-state index contributed by atoms with van der Waals surface area (Å²) in [6, 6.07) is 7.67. The molecular weight excluding hydrogens is 282 g/mol. The molecule has 1 saturated heterocycles. The van der Waals surface area contributed by atoms with Gasteiger partial charge in [0, 0.05) is 13.6 Å². The molecule has 118 valence electrons. The topological polar surface area (TPSA) is 60.9 Å². The summed E-state index contributed by atoms with van der Waals surface area (Å²) < 4.78 is 0. The number of carbonyl (C=O) groups excluding carboxylic acids is 3. The van der Waals surface area contributed by atoms with Crippen molar-refractivity contribution < 1.29 is 14.4 Å². The van der Waals surface area contributed by atoms with Crippen LogP contribution in [-0.2, 0) is 16.1 Å². The number of hydrogen-bond donors (Lipinski definition) is 0. The zero-order chi connectivity index (χ0) is 16.4. The molecule has 0 atom stereocenters. The third-order valence-electron chi connectivity index (χ3n) is 3.73. The number of urea groups is 1. The summed E-state index contributed by atoms with van der Waals surface area (Å²) in [5, 5.41) is 0. The first-order valence-electron chi connectivity index (χ1n) is 7.22. The van der Waals surface area contributed by atoms with E-state index in [9.17, 15) is 14.4 Å². The predicted molar refractivity (Wildman–Crippen MR) is 81.9 cm³/mol. The van der Waals surface area contributed by atoms with Crippen LogP contribution in [0.2, 0.25) is 0 Å². The quantitative estimate of drug-likeness (QED) is 0.612. The summed E-state index contributed by atoms with van der Waals surface area (Å²) in [4.78, 5) is 38.6. The summed E-state index contributed by atoms with van der Waals surface area (Å²) in [5.74, 6) is -1.07. The smallest absolute Gasteiger partial charge is 0.284 e. The van der Waals surface area contributed by atoms with Gasteiger partial charge in [-0.3, -0.25) is 19.4 Å². The van der Waals surface area contributed by atoms with Crippen LogP contribution >= 0.6 is 0 Å². The molecule has 1 heterocycles. The molecule has 0 aliphatic carbocycles. The first kappa shape index (κ1) is 16.2. The summed E-state index contributed by atoms with van der Waals surface area (Å²) in [5.41, 5.74) is 2.36. The average Bonchev–Trinajstić information content (AvgIpc) is 2.65. The van der Waals surface area contributed by atoms with Gasteiger partial charge in [0.1, 0.15) is 0 Å². The Balaban J connectivity index is 1.98. The van der Waals surface area contributed by atoms with Crippen molar-refractivity contribution in [3.63, 3.8) is 0 Å². The fraction of sp³-hybridized carbons (Fsp3) is 0.438. The fourth-order valence-corrected chi connectivity index (χ4v) is 2.35. The van der Waals surface area contributed by atoms with Crippen LogP contribution in [0.25, 0.3) is 0 Å². The van der Waals surface area contributed by atoms with Crippen LogP contribution < -0.4 is 0 Å². The van der Waals surface area contributed by atoms with E-state index in [1.165, 1.54) is 12.6 Å². The fourth-order valence-electron chi connectivity index (χ4n) is 2.35. The molecular formula is C16H21N3O3. The molecule has 1 aromatic carbocycles. The number of nitrogens with zero attached hydrogens (tertiary/aromatic N) is 3. The summed E-state index contributed by atoms with van der Waals surface area (Å²) in [6.45, 7) is 4.96. The van der Waals surface area contributed by atoms with Gasteiger partial charge in [0.15, 0.2) is 0 Å². The Hall–Kier alpha value is -2.21. The normalized spacial score (nSPS) is 15.6. The van der Waals surface area contributed by atoms with Gasteiger partial charge in [-0.25, -0.2) is 9.69 Å². The van der Waals surface area contributed by atoms with Crippen LogP contribution in [0, 0.1) is 0 Å². The van der Waals surface area contributed by atoms with Crippen molar-refractivity contribution in [2.45, 2.75) is 26.3 Å². The molecule has 0 spiro atoms. The highest BCUT2D eigenvalue weighted by molar-refractivity contribution is 6.44.